The molecule has 0 amide bonds. The fourth-order valence-electron chi connectivity index (χ4n) is 0.316. The van der Waals surface area contributed by atoms with E-state index in [9.17, 15) is 64.2 Å². The van der Waals surface area contributed by atoms with Crippen molar-refractivity contribution in [3.8, 4) is 0 Å². The Kier molecular flexibility index (Phi) is 15.0. The summed E-state index contributed by atoms with van der Waals surface area (Å²) in [6.45, 7) is 0. The minimum Gasteiger partial charge on any atom is -0.725 e. The monoisotopic (exact) mass is 558 g/mol. The van der Waals surface area contributed by atoms with Gasteiger partial charge in [-0.15, -0.1) is 10.9 Å². The van der Waals surface area contributed by atoms with E-state index in [1.54, 1.807) is 0 Å². The van der Waals surface area contributed by atoms with Crippen LogP contribution in [-0.4, -0.2) is 95.2 Å². The summed E-state index contributed by atoms with van der Waals surface area (Å²) in [5, 5.41) is 0. The minimum absolute atomic E-state index is 0. The van der Waals surface area contributed by atoms with Gasteiger partial charge in [-0.2, -0.15) is 25.3 Å². The number of rotatable bonds is 6. The van der Waals surface area contributed by atoms with Gasteiger partial charge in [-0.3, -0.25) is 13.7 Å². The van der Waals surface area contributed by atoms with Crippen molar-refractivity contribution in [2.45, 2.75) is 0 Å². The Morgan fingerprint density at radius 3 is 0.536 bits per heavy atom. The molecular weight excluding hydrogens is 555 g/mol. The maximum Gasteiger partial charge on any atom is 3.00 e. The summed E-state index contributed by atoms with van der Waals surface area (Å²) < 4.78 is 171. The molecule has 0 aliphatic heterocycles. The zero-order valence-corrected chi connectivity index (χ0v) is 17.8. The molecule has 0 atom stereocenters. The Morgan fingerprint density at radius 2 is 0.536 bits per heavy atom. The molecule has 0 aliphatic carbocycles. The Balaban J connectivity index is -0.000000152. The van der Waals surface area contributed by atoms with Gasteiger partial charge in [0.2, 0.25) is 31.2 Å². The molecule has 0 aliphatic rings. The van der Waals surface area contributed by atoms with Crippen molar-refractivity contribution in [2.75, 3.05) is 0 Å². The zero-order valence-electron chi connectivity index (χ0n) is 11.7. The maximum absolute atomic E-state index is 9.40. The van der Waals surface area contributed by atoms with Crippen LogP contribution in [0.25, 0.3) is 0 Å². The Labute approximate surface area is 168 Å². The summed E-state index contributed by atoms with van der Waals surface area (Å²) in [6.07, 6.45) is 0. The third-order valence-corrected chi connectivity index (χ3v) is 4.57. The molecule has 168 valence electrons. The summed E-state index contributed by atoms with van der Waals surface area (Å²) in [5.74, 6) is 0. The van der Waals surface area contributed by atoms with Crippen molar-refractivity contribution < 1.29 is 88.7 Å². The first-order valence-electron chi connectivity index (χ1n) is 4.05. The van der Waals surface area contributed by atoms with E-state index in [2.05, 4.69) is 10.9 Å². The second-order valence-corrected chi connectivity index (χ2v) is 9.36. The maximum atomic E-state index is 9.40. The number of hydrogen-bond donors (Lipinski definition) is 3. The summed E-state index contributed by atoms with van der Waals surface area (Å²) in [7, 11) is -31.7. The van der Waals surface area contributed by atoms with Gasteiger partial charge in [-0.25, -0.2) is 25.3 Å². The van der Waals surface area contributed by atoms with Crippen LogP contribution >= 0.6 is 0 Å². The van der Waals surface area contributed by atoms with Crippen LogP contribution in [0.15, 0.2) is 0 Å². The molecule has 28 heteroatoms. The van der Waals surface area contributed by atoms with Gasteiger partial charge in [0, 0.05) is 0 Å². The average Bonchev–Trinajstić information content (AvgIpc) is 1.96. The molecule has 0 aromatic rings. The summed E-state index contributed by atoms with van der Waals surface area (Å²) in [5.41, 5.74) is 0. The molecule has 0 aromatic heterocycles. The van der Waals surface area contributed by atoms with Gasteiger partial charge in [0.1, 0.15) is 0 Å². The fourth-order valence-corrected chi connectivity index (χ4v) is 2.84. The van der Waals surface area contributed by atoms with Crippen LogP contribution in [-0.2, 0) is 73.3 Å². The first-order chi connectivity index (χ1) is 11.1. The first kappa shape index (κ1) is 35.3. The van der Waals surface area contributed by atoms with Crippen LogP contribution in [0.1, 0.15) is 0 Å². The van der Waals surface area contributed by atoms with E-state index in [1.807, 2.05) is 0 Å². The van der Waals surface area contributed by atoms with Gasteiger partial charge in [0.25, 0.3) is 0 Å². The van der Waals surface area contributed by atoms with Crippen molar-refractivity contribution >= 4 is 79.8 Å². The molecular formula is H3AlO21S6. The van der Waals surface area contributed by atoms with E-state index in [0.29, 0.717) is 0 Å². The molecule has 0 saturated heterocycles. The topological polar surface area (TPSA) is 362 Å². The van der Waals surface area contributed by atoms with E-state index < -0.39 is 62.4 Å². The van der Waals surface area contributed by atoms with Gasteiger partial charge >= 0.3 is 48.6 Å². The standard InChI is InChI=1S/Al.3H2O7S2/c;3*1-8(2,3)7-9(4,5)6/h;3*(H,1,2,3)(H,4,5,6)/q+3;;;/p-3. The van der Waals surface area contributed by atoms with Crippen molar-refractivity contribution in [3.63, 3.8) is 0 Å². The smallest absolute Gasteiger partial charge is 0.725 e. The quantitative estimate of drug-likeness (QED) is 0.155. The summed E-state index contributed by atoms with van der Waals surface area (Å²) in [6, 6.07) is 0. The average molecular weight is 558 g/mol. The molecule has 3 N–H and O–H groups in total. The predicted octanol–water partition coefficient (Wildman–Crippen LogP) is -5.58. The molecule has 0 radical (unpaired) electrons. The van der Waals surface area contributed by atoms with E-state index in [0.717, 1.165) is 0 Å². The van der Waals surface area contributed by atoms with E-state index in [-0.39, 0.29) is 17.4 Å². The third-order valence-electron chi connectivity index (χ3n) is 0.508. The van der Waals surface area contributed by atoms with Crippen LogP contribution in [0.2, 0.25) is 0 Å². The summed E-state index contributed by atoms with van der Waals surface area (Å²) >= 11 is 0. The molecule has 0 aromatic carbocycles. The molecule has 0 unspecified atom stereocenters. The van der Waals surface area contributed by atoms with Crippen LogP contribution in [0, 0.1) is 0 Å². The van der Waals surface area contributed by atoms with Crippen molar-refractivity contribution in [2.24, 2.45) is 0 Å². The molecule has 0 fully saturated rings. The molecule has 28 heavy (non-hydrogen) atoms. The van der Waals surface area contributed by atoms with E-state index in [4.69, 9.17) is 13.7 Å². The van der Waals surface area contributed by atoms with Crippen LogP contribution in [0.5, 0.6) is 0 Å². The van der Waals surface area contributed by atoms with Crippen LogP contribution in [0.4, 0.5) is 0 Å². The molecule has 0 saturated carbocycles. The second kappa shape index (κ2) is 11.9. The molecule has 0 heterocycles. The van der Waals surface area contributed by atoms with Crippen LogP contribution in [0.3, 0.4) is 0 Å². The molecule has 0 bridgehead atoms. The summed E-state index contributed by atoms with van der Waals surface area (Å²) in [4.78, 5) is 0. The van der Waals surface area contributed by atoms with Gasteiger partial charge in [0.15, 0.2) is 0 Å². The molecule has 0 spiro atoms. The Morgan fingerprint density at radius 1 is 0.429 bits per heavy atom. The minimum atomic E-state index is -5.37. The first-order valence-corrected chi connectivity index (χ1v) is 12.1. The Bertz CT molecular complexity index is 850. The Hall–Kier alpha value is -0.128. The predicted molar refractivity (Wildman–Crippen MR) is 72.7 cm³/mol. The number of hydrogen-bond acceptors (Lipinski definition) is 18. The van der Waals surface area contributed by atoms with E-state index in [1.165, 1.54) is 0 Å². The second-order valence-electron chi connectivity index (χ2n) is 2.71. The third kappa shape index (κ3) is 50.1. The van der Waals surface area contributed by atoms with Crippen molar-refractivity contribution in [3.05, 3.63) is 0 Å². The van der Waals surface area contributed by atoms with Crippen LogP contribution < -0.4 is 0 Å². The van der Waals surface area contributed by atoms with Gasteiger partial charge < -0.3 is 13.7 Å². The molecule has 21 nitrogen and oxygen atoms in total. The van der Waals surface area contributed by atoms with Crippen molar-refractivity contribution in [1.82, 2.24) is 0 Å². The normalized spacial score (nSPS) is 13.1. The fraction of sp³-hybridized carbons (Fsp3) is 0. The van der Waals surface area contributed by atoms with Gasteiger partial charge in [0.05, 0.1) is 0 Å². The largest absolute Gasteiger partial charge is 3.00 e. The van der Waals surface area contributed by atoms with E-state index >= 15 is 0 Å². The van der Waals surface area contributed by atoms with Crippen molar-refractivity contribution in [1.29, 1.82) is 0 Å². The van der Waals surface area contributed by atoms with Gasteiger partial charge in [-0.1, -0.05) is 0 Å². The molecule has 0 rings (SSSR count). The SMILES string of the molecule is O=S(=O)([O-])OS(=O)(=O)O.O=S(=O)([O-])OS(=O)(=O)O.O=S(=O)([O-])OS(=O)(=O)O.[Al+3]. The zero-order chi connectivity index (χ0) is 23.1. The van der Waals surface area contributed by atoms with Gasteiger partial charge in [-0.05, 0) is 0 Å².